The molecule has 0 amide bonds. The van der Waals surface area contributed by atoms with Crippen LogP contribution in [0.4, 0.5) is 0 Å². The Morgan fingerprint density at radius 2 is 1.79 bits per heavy atom. The van der Waals surface area contributed by atoms with E-state index in [1.54, 1.807) is 0 Å². The zero-order valence-electron chi connectivity index (χ0n) is 12.9. The van der Waals surface area contributed by atoms with Gasteiger partial charge in [0.05, 0.1) is 6.10 Å². The molecule has 0 aromatic heterocycles. The topological polar surface area (TPSA) is 20.2 Å². The number of hydrogen-bond acceptors (Lipinski definition) is 1. The maximum atomic E-state index is 10.6. The summed E-state index contributed by atoms with van der Waals surface area (Å²) >= 11 is 0. The monoisotopic (exact) mass is 260 g/mol. The van der Waals surface area contributed by atoms with Crippen molar-refractivity contribution >= 4 is 0 Å². The highest BCUT2D eigenvalue weighted by atomic mass is 16.3. The van der Waals surface area contributed by atoms with E-state index in [1.807, 2.05) is 0 Å². The van der Waals surface area contributed by atoms with E-state index in [-0.39, 0.29) is 11.5 Å². The van der Waals surface area contributed by atoms with Crippen molar-refractivity contribution in [1.29, 1.82) is 0 Å². The van der Waals surface area contributed by atoms with Crippen LogP contribution in [-0.4, -0.2) is 11.2 Å². The van der Waals surface area contributed by atoms with Gasteiger partial charge in [-0.25, -0.2) is 0 Å². The fourth-order valence-electron chi connectivity index (χ4n) is 3.80. The molecule has 2 unspecified atom stereocenters. The molecule has 0 radical (unpaired) electrons. The summed E-state index contributed by atoms with van der Waals surface area (Å²) in [7, 11) is 0. The summed E-state index contributed by atoms with van der Waals surface area (Å²) in [5, 5.41) is 10.6. The van der Waals surface area contributed by atoms with E-state index in [9.17, 15) is 5.11 Å². The molecule has 1 heteroatoms. The van der Waals surface area contributed by atoms with Crippen LogP contribution < -0.4 is 0 Å². The first-order valence-electron chi connectivity index (χ1n) is 7.64. The van der Waals surface area contributed by atoms with E-state index in [2.05, 4.69) is 45.9 Å². The average molecular weight is 260 g/mol. The molecule has 1 aromatic rings. The van der Waals surface area contributed by atoms with Crippen molar-refractivity contribution in [3.8, 4) is 0 Å². The summed E-state index contributed by atoms with van der Waals surface area (Å²) in [5.41, 5.74) is 4.16. The molecule has 0 aliphatic heterocycles. The zero-order chi connectivity index (χ0) is 14.0. The Morgan fingerprint density at radius 3 is 2.37 bits per heavy atom. The van der Waals surface area contributed by atoms with E-state index in [4.69, 9.17) is 0 Å². The Hall–Kier alpha value is -0.820. The number of benzene rings is 1. The van der Waals surface area contributed by atoms with E-state index in [1.165, 1.54) is 42.4 Å². The molecule has 1 aromatic carbocycles. The lowest BCUT2D eigenvalue weighted by Gasteiger charge is -2.41. The van der Waals surface area contributed by atoms with Gasteiger partial charge in [-0.1, -0.05) is 56.0 Å². The Kier molecular flexibility index (Phi) is 4.35. The van der Waals surface area contributed by atoms with Gasteiger partial charge in [-0.2, -0.15) is 0 Å². The van der Waals surface area contributed by atoms with Gasteiger partial charge in [0.1, 0.15) is 0 Å². The minimum absolute atomic E-state index is 0.198. The molecular weight excluding hydrogens is 232 g/mol. The Balaban J connectivity index is 2.09. The van der Waals surface area contributed by atoms with Crippen molar-refractivity contribution in [3.63, 3.8) is 0 Å². The van der Waals surface area contributed by atoms with Crippen LogP contribution >= 0.6 is 0 Å². The van der Waals surface area contributed by atoms with E-state index in [0.29, 0.717) is 5.92 Å². The maximum Gasteiger partial charge on any atom is 0.0613 e. The van der Waals surface area contributed by atoms with Crippen LogP contribution in [0, 0.1) is 25.2 Å². The summed E-state index contributed by atoms with van der Waals surface area (Å²) in [6.45, 7) is 8.91. The number of hydrogen-bond donors (Lipinski definition) is 1. The molecule has 106 valence electrons. The predicted molar refractivity (Wildman–Crippen MR) is 81.4 cm³/mol. The first-order valence-corrected chi connectivity index (χ1v) is 7.64. The third kappa shape index (κ3) is 3.60. The molecule has 2 atom stereocenters. The van der Waals surface area contributed by atoms with Gasteiger partial charge in [0.25, 0.3) is 0 Å². The SMILES string of the molecule is Cc1cc(C)cc(CC(O)C2CCCCC2(C)C)c1. The molecule has 1 fully saturated rings. The second-order valence-corrected chi connectivity index (χ2v) is 7.11. The number of rotatable bonds is 3. The summed E-state index contributed by atoms with van der Waals surface area (Å²) in [4.78, 5) is 0. The molecule has 1 nitrogen and oxygen atoms in total. The van der Waals surface area contributed by atoms with Crippen LogP contribution in [0.2, 0.25) is 0 Å². The molecule has 0 bridgehead atoms. The Labute approximate surface area is 118 Å². The van der Waals surface area contributed by atoms with E-state index >= 15 is 0 Å². The van der Waals surface area contributed by atoms with Crippen molar-refractivity contribution in [2.24, 2.45) is 11.3 Å². The molecule has 1 aliphatic rings. The van der Waals surface area contributed by atoms with Crippen LogP contribution in [0.3, 0.4) is 0 Å². The van der Waals surface area contributed by atoms with Gasteiger partial charge in [0, 0.05) is 0 Å². The number of aliphatic hydroxyl groups excluding tert-OH is 1. The van der Waals surface area contributed by atoms with E-state index < -0.39 is 0 Å². The zero-order valence-corrected chi connectivity index (χ0v) is 12.9. The minimum Gasteiger partial charge on any atom is -0.392 e. The van der Waals surface area contributed by atoms with Gasteiger partial charge in [0.2, 0.25) is 0 Å². The van der Waals surface area contributed by atoms with Crippen molar-refractivity contribution in [2.75, 3.05) is 0 Å². The van der Waals surface area contributed by atoms with Crippen molar-refractivity contribution in [3.05, 3.63) is 34.9 Å². The predicted octanol–water partition coefficient (Wildman–Crippen LogP) is 4.42. The summed E-state index contributed by atoms with van der Waals surface area (Å²) < 4.78 is 0. The molecule has 0 saturated heterocycles. The molecule has 0 spiro atoms. The molecule has 2 rings (SSSR count). The van der Waals surface area contributed by atoms with Crippen molar-refractivity contribution < 1.29 is 5.11 Å². The first kappa shape index (κ1) is 14.6. The normalized spacial score (nSPS) is 24.2. The molecule has 1 saturated carbocycles. The van der Waals surface area contributed by atoms with Crippen LogP contribution in [0.25, 0.3) is 0 Å². The quantitative estimate of drug-likeness (QED) is 0.852. The van der Waals surface area contributed by atoms with Gasteiger partial charge in [-0.05, 0) is 50.0 Å². The Bertz CT molecular complexity index is 413. The lowest BCUT2D eigenvalue weighted by atomic mass is 9.66. The van der Waals surface area contributed by atoms with Gasteiger partial charge >= 0.3 is 0 Å². The average Bonchev–Trinajstić information content (AvgIpc) is 2.26. The van der Waals surface area contributed by atoms with Crippen LogP contribution in [0.5, 0.6) is 0 Å². The van der Waals surface area contributed by atoms with Crippen LogP contribution in [0.15, 0.2) is 18.2 Å². The third-order valence-corrected chi connectivity index (χ3v) is 4.78. The number of aliphatic hydroxyl groups is 1. The van der Waals surface area contributed by atoms with Crippen LogP contribution in [0.1, 0.15) is 56.2 Å². The van der Waals surface area contributed by atoms with Gasteiger partial charge < -0.3 is 5.11 Å². The molecule has 0 heterocycles. The lowest BCUT2D eigenvalue weighted by molar-refractivity contribution is 0.00580. The Morgan fingerprint density at radius 1 is 1.16 bits per heavy atom. The molecule has 1 aliphatic carbocycles. The van der Waals surface area contributed by atoms with E-state index in [0.717, 1.165) is 6.42 Å². The van der Waals surface area contributed by atoms with Gasteiger partial charge in [0.15, 0.2) is 0 Å². The maximum absolute atomic E-state index is 10.6. The summed E-state index contributed by atoms with van der Waals surface area (Å²) in [6, 6.07) is 6.62. The van der Waals surface area contributed by atoms with Gasteiger partial charge in [-0.15, -0.1) is 0 Å². The largest absolute Gasteiger partial charge is 0.392 e. The lowest BCUT2D eigenvalue weighted by Crippen LogP contribution is -2.37. The highest BCUT2D eigenvalue weighted by Crippen LogP contribution is 2.42. The fraction of sp³-hybridized carbons (Fsp3) is 0.667. The molecule has 1 N–H and O–H groups in total. The second kappa shape index (κ2) is 5.66. The second-order valence-electron chi connectivity index (χ2n) is 7.11. The standard InChI is InChI=1S/C18H28O/c1-13-9-14(2)11-15(10-13)12-17(19)16-7-5-6-8-18(16,3)4/h9-11,16-17,19H,5-8,12H2,1-4H3. The summed E-state index contributed by atoms with van der Waals surface area (Å²) in [6.07, 6.45) is 5.63. The van der Waals surface area contributed by atoms with Crippen molar-refractivity contribution in [1.82, 2.24) is 0 Å². The fourth-order valence-corrected chi connectivity index (χ4v) is 3.80. The summed E-state index contributed by atoms with van der Waals surface area (Å²) in [5.74, 6) is 0.446. The molecule has 19 heavy (non-hydrogen) atoms. The first-order chi connectivity index (χ1) is 8.88. The molecular formula is C18H28O. The highest BCUT2D eigenvalue weighted by molar-refractivity contribution is 5.29. The number of aryl methyl sites for hydroxylation is 2. The third-order valence-electron chi connectivity index (χ3n) is 4.78. The van der Waals surface area contributed by atoms with Crippen LogP contribution in [-0.2, 0) is 6.42 Å². The van der Waals surface area contributed by atoms with Crippen molar-refractivity contribution in [2.45, 2.75) is 65.9 Å². The smallest absolute Gasteiger partial charge is 0.0613 e. The minimum atomic E-state index is -0.198. The highest BCUT2D eigenvalue weighted by Gasteiger charge is 2.36. The van der Waals surface area contributed by atoms with Gasteiger partial charge in [-0.3, -0.25) is 0 Å².